The standard InChI is InChI=1S/C31H45FO3/c1-3-5-7-8-9-10-11-16-24-35-28(19-13-6-4-2)30(32)29(31(33)34)27-22-20-26(21-23-27)25-17-14-12-15-18-25/h12,14-15,17-18,20-23,28-30H,3-11,13,16,19,24H2,1-2H3,(H,33,34). The molecule has 0 radical (unpaired) electrons. The van der Waals surface area contributed by atoms with Gasteiger partial charge in [0.25, 0.3) is 0 Å². The molecule has 3 unspecified atom stereocenters. The van der Waals surface area contributed by atoms with Crippen LogP contribution in [0.15, 0.2) is 54.6 Å². The molecule has 0 saturated carbocycles. The first-order valence-corrected chi connectivity index (χ1v) is 13.7. The Hall–Kier alpha value is -2.20. The Bertz CT molecular complexity index is 806. The van der Waals surface area contributed by atoms with Gasteiger partial charge in [0, 0.05) is 6.61 Å². The van der Waals surface area contributed by atoms with Crippen molar-refractivity contribution in [1.82, 2.24) is 0 Å². The summed E-state index contributed by atoms with van der Waals surface area (Å²) in [6.07, 6.45) is 10.7. The third-order valence-electron chi connectivity index (χ3n) is 6.74. The number of carbonyl (C=O) groups is 1. The lowest BCUT2D eigenvalue weighted by atomic mass is 9.88. The Morgan fingerprint density at radius 3 is 1.91 bits per heavy atom. The Labute approximate surface area is 212 Å². The second kappa shape index (κ2) is 17.3. The molecule has 4 heteroatoms. The molecule has 2 rings (SSSR count). The third kappa shape index (κ3) is 10.5. The first-order chi connectivity index (χ1) is 17.1. The zero-order chi connectivity index (χ0) is 25.3. The van der Waals surface area contributed by atoms with Crippen LogP contribution in [-0.2, 0) is 9.53 Å². The van der Waals surface area contributed by atoms with Crippen LogP contribution in [0.2, 0.25) is 0 Å². The quantitative estimate of drug-likeness (QED) is 0.202. The first-order valence-electron chi connectivity index (χ1n) is 13.7. The van der Waals surface area contributed by atoms with Gasteiger partial charge in [-0.15, -0.1) is 0 Å². The van der Waals surface area contributed by atoms with Crippen molar-refractivity contribution in [2.45, 2.75) is 109 Å². The van der Waals surface area contributed by atoms with Gasteiger partial charge in [-0.05, 0) is 29.5 Å². The van der Waals surface area contributed by atoms with Crippen molar-refractivity contribution in [1.29, 1.82) is 0 Å². The maximum absolute atomic E-state index is 15.8. The molecular weight excluding hydrogens is 439 g/mol. The monoisotopic (exact) mass is 484 g/mol. The smallest absolute Gasteiger partial charge is 0.314 e. The van der Waals surface area contributed by atoms with Crippen molar-refractivity contribution in [2.75, 3.05) is 6.61 Å². The highest BCUT2D eigenvalue weighted by Crippen LogP contribution is 2.30. The lowest BCUT2D eigenvalue weighted by Gasteiger charge is -2.26. The van der Waals surface area contributed by atoms with Crippen LogP contribution in [0.4, 0.5) is 4.39 Å². The SMILES string of the molecule is CCCCCCCCCCOC(CCCCC)C(F)C(C(=O)O)c1ccc(-c2ccccc2)cc1. The molecule has 1 N–H and O–H groups in total. The molecule has 0 fully saturated rings. The number of hydrogen-bond acceptors (Lipinski definition) is 2. The molecule has 0 heterocycles. The normalized spacial score (nSPS) is 13.9. The van der Waals surface area contributed by atoms with E-state index < -0.39 is 24.2 Å². The van der Waals surface area contributed by atoms with Crippen molar-refractivity contribution in [3.63, 3.8) is 0 Å². The van der Waals surface area contributed by atoms with Crippen molar-refractivity contribution in [3.05, 3.63) is 60.2 Å². The van der Waals surface area contributed by atoms with Gasteiger partial charge in [-0.1, -0.05) is 133 Å². The number of aliphatic carboxylic acids is 1. The van der Waals surface area contributed by atoms with Gasteiger partial charge >= 0.3 is 5.97 Å². The number of rotatable bonds is 19. The second-order valence-electron chi connectivity index (χ2n) is 9.63. The number of alkyl halides is 1. The molecule has 2 aromatic rings. The predicted molar refractivity (Wildman–Crippen MR) is 144 cm³/mol. The van der Waals surface area contributed by atoms with Gasteiger partial charge < -0.3 is 9.84 Å². The first kappa shape index (κ1) is 29.0. The van der Waals surface area contributed by atoms with Crippen LogP contribution < -0.4 is 0 Å². The fourth-order valence-electron chi connectivity index (χ4n) is 4.59. The molecule has 0 aliphatic heterocycles. The molecule has 0 aliphatic carbocycles. The zero-order valence-corrected chi connectivity index (χ0v) is 21.8. The molecule has 35 heavy (non-hydrogen) atoms. The average molecular weight is 485 g/mol. The van der Waals surface area contributed by atoms with Gasteiger partial charge in [0.2, 0.25) is 0 Å². The maximum atomic E-state index is 15.8. The molecule has 0 amide bonds. The van der Waals surface area contributed by atoms with E-state index in [0.29, 0.717) is 18.6 Å². The molecule has 0 bridgehead atoms. The summed E-state index contributed by atoms with van der Waals surface area (Å²) in [5, 5.41) is 9.94. The molecule has 3 nitrogen and oxygen atoms in total. The number of unbranched alkanes of at least 4 members (excludes halogenated alkanes) is 9. The zero-order valence-electron chi connectivity index (χ0n) is 21.8. The van der Waals surface area contributed by atoms with E-state index in [-0.39, 0.29) is 0 Å². The van der Waals surface area contributed by atoms with E-state index in [1.807, 2.05) is 42.5 Å². The topological polar surface area (TPSA) is 46.5 Å². The summed E-state index contributed by atoms with van der Waals surface area (Å²) in [5.41, 5.74) is 2.52. The van der Waals surface area contributed by atoms with Gasteiger partial charge in [0.1, 0.15) is 12.1 Å². The van der Waals surface area contributed by atoms with Gasteiger partial charge in [-0.3, -0.25) is 4.79 Å². The molecule has 0 spiro atoms. The van der Waals surface area contributed by atoms with Crippen molar-refractivity contribution in [2.24, 2.45) is 0 Å². The predicted octanol–water partition coefficient (Wildman–Crippen LogP) is 8.97. The van der Waals surface area contributed by atoms with Gasteiger partial charge in [0.15, 0.2) is 0 Å². The van der Waals surface area contributed by atoms with Crippen LogP contribution in [0.25, 0.3) is 11.1 Å². The number of benzene rings is 2. The van der Waals surface area contributed by atoms with Crippen LogP contribution >= 0.6 is 0 Å². The highest BCUT2D eigenvalue weighted by atomic mass is 19.1. The highest BCUT2D eigenvalue weighted by Gasteiger charge is 2.36. The lowest BCUT2D eigenvalue weighted by Crippen LogP contribution is -2.35. The molecular formula is C31H45FO3. The number of carboxylic acid groups (broad SMARTS) is 1. The Morgan fingerprint density at radius 2 is 1.31 bits per heavy atom. The van der Waals surface area contributed by atoms with E-state index >= 15 is 4.39 Å². The van der Waals surface area contributed by atoms with Crippen molar-refractivity contribution >= 4 is 5.97 Å². The van der Waals surface area contributed by atoms with Crippen LogP contribution in [-0.4, -0.2) is 30.0 Å². The summed E-state index contributed by atoms with van der Waals surface area (Å²) < 4.78 is 21.8. The summed E-state index contributed by atoms with van der Waals surface area (Å²) in [5.74, 6) is -2.37. The summed E-state index contributed by atoms with van der Waals surface area (Å²) in [4.78, 5) is 12.2. The number of carboxylic acids is 1. The molecule has 3 atom stereocenters. The van der Waals surface area contributed by atoms with E-state index in [4.69, 9.17) is 4.74 Å². The van der Waals surface area contributed by atoms with Crippen molar-refractivity contribution in [3.8, 4) is 11.1 Å². The molecule has 0 saturated heterocycles. The second-order valence-corrected chi connectivity index (χ2v) is 9.63. The third-order valence-corrected chi connectivity index (χ3v) is 6.74. The number of hydrogen-bond donors (Lipinski definition) is 1. The largest absolute Gasteiger partial charge is 0.481 e. The fourth-order valence-corrected chi connectivity index (χ4v) is 4.59. The lowest BCUT2D eigenvalue weighted by molar-refractivity contribution is -0.143. The summed E-state index contributed by atoms with van der Waals surface area (Å²) in [6.45, 7) is 4.82. The van der Waals surface area contributed by atoms with Crippen LogP contribution in [0, 0.1) is 0 Å². The highest BCUT2D eigenvalue weighted by molar-refractivity contribution is 5.77. The number of ether oxygens (including phenoxy) is 1. The minimum atomic E-state index is -1.58. The Kier molecular flexibility index (Phi) is 14.3. The van der Waals surface area contributed by atoms with Crippen LogP contribution in [0.1, 0.15) is 102 Å². The van der Waals surface area contributed by atoms with Gasteiger partial charge in [-0.25, -0.2) is 4.39 Å². The van der Waals surface area contributed by atoms with E-state index in [2.05, 4.69) is 13.8 Å². The average Bonchev–Trinajstić information content (AvgIpc) is 2.87. The summed E-state index contributed by atoms with van der Waals surface area (Å²) in [6, 6.07) is 17.1. The molecule has 0 aromatic heterocycles. The minimum Gasteiger partial charge on any atom is -0.481 e. The maximum Gasteiger partial charge on any atom is 0.314 e. The summed E-state index contributed by atoms with van der Waals surface area (Å²) >= 11 is 0. The molecule has 0 aliphatic rings. The van der Waals surface area contributed by atoms with E-state index in [1.165, 1.54) is 38.5 Å². The van der Waals surface area contributed by atoms with Gasteiger partial charge in [0.05, 0.1) is 6.10 Å². The van der Waals surface area contributed by atoms with E-state index in [0.717, 1.165) is 43.2 Å². The Morgan fingerprint density at radius 1 is 0.771 bits per heavy atom. The molecule has 2 aromatic carbocycles. The van der Waals surface area contributed by atoms with Crippen LogP contribution in [0.3, 0.4) is 0 Å². The fraction of sp³-hybridized carbons (Fsp3) is 0.581. The van der Waals surface area contributed by atoms with E-state index in [1.54, 1.807) is 12.1 Å². The van der Waals surface area contributed by atoms with Crippen molar-refractivity contribution < 1.29 is 19.0 Å². The van der Waals surface area contributed by atoms with E-state index in [9.17, 15) is 9.90 Å². The van der Waals surface area contributed by atoms with Gasteiger partial charge in [-0.2, -0.15) is 0 Å². The minimum absolute atomic E-state index is 0.487. The summed E-state index contributed by atoms with van der Waals surface area (Å²) in [7, 11) is 0. The number of halogens is 1. The van der Waals surface area contributed by atoms with Crippen LogP contribution in [0.5, 0.6) is 0 Å². The molecule has 194 valence electrons. The Balaban J connectivity index is 1.97.